The summed E-state index contributed by atoms with van der Waals surface area (Å²) in [6, 6.07) is 7.89. The molecule has 13 heteroatoms. The SMILES string of the molecule is CC1=CC(C(F)(F)F)NN1c1nc(Nc2cc(C)cc(C)c2)ncc1-c1ccc2c(c1)C(=O)NS2(=O)=O. The number of allylic oxidation sites excluding steroid dienone is 1. The van der Waals surface area contributed by atoms with Gasteiger partial charge in [-0.25, -0.2) is 23.5 Å². The minimum absolute atomic E-state index is 0.0734. The molecule has 2 aromatic carbocycles. The van der Waals surface area contributed by atoms with E-state index in [-0.39, 0.29) is 33.5 Å². The fourth-order valence-electron chi connectivity index (χ4n) is 4.31. The van der Waals surface area contributed by atoms with Crippen LogP contribution in [0.1, 0.15) is 28.4 Å². The zero-order valence-electron chi connectivity index (χ0n) is 19.8. The third kappa shape index (κ3) is 4.62. The van der Waals surface area contributed by atoms with Gasteiger partial charge in [-0.1, -0.05) is 12.1 Å². The van der Waals surface area contributed by atoms with Gasteiger partial charge in [0, 0.05) is 23.1 Å². The van der Waals surface area contributed by atoms with Crippen LogP contribution in [0.3, 0.4) is 0 Å². The van der Waals surface area contributed by atoms with Crippen molar-refractivity contribution >= 4 is 33.4 Å². The number of halogens is 3. The van der Waals surface area contributed by atoms with Crippen molar-refractivity contribution in [2.45, 2.75) is 37.9 Å². The number of aryl methyl sites for hydroxylation is 2. The van der Waals surface area contributed by atoms with E-state index < -0.39 is 28.1 Å². The summed E-state index contributed by atoms with van der Waals surface area (Å²) in [5.41, 5.74) is 5.92. The first-order chi connectivity index (χ1) is 17.3. The summed E-state index contributed by atoms with van der Waals surface area (Å²) in [5.74, 6) is -0.571. The number of alkyl halides is 3. The minimum atomic E-state index is -4.54. The van der Waals surface area contributed by atoms with Crippen LogP contribution in [0.15, 0.2) is 59.3 Å². The molecule has 9 nitrogen and oxygen atoms in total. The fourth-order valence-corrected chi connectivity index (χ4v) is 5.47. The van der Waals surface area contributed by atoms with E-state index in [1.807, 2.05) is 36.8 Å². The van der Waals surface area contributed by atoms with Crippen LogP contribution in [-0.4, -0.2) is 36.5 Å². The maximum absolute atomic E-state index is 13.5. The van der Waals surface area contributed by atoms with Gasteiger partial charge in [0.1, 0.15) is 10.9 Å². The van der Waals surface area contributed by atoms with E-state index in [0.717, 1.165) is 17.2 Å². The molecule has 1 aromatic heterocycles. The molecule has 0 bridgehead atoms. The van der Waals surface area contributed by atoms with E-state index in [1.165, 1.54) is 36.3 Å². The Morgan fingerprint density at radius 1 is 1.03 bits per heavy atom. The highest BCUT2D eigenvalue weighted by atomic mass is 32.2. The predicted octanol–water partition coefficient (Wildman–Crippen LogP) is 4.10. The lowest BCUT2D eigenvalue weighted by atomic mass is 10.0. The van der Waals surface area contributed by atoms with Crippen LogP contribution in [0.2, 0.25) is 0 Å². The molecule has 3 heterocycles. The molecule has 3 N–H and O–H groups in total. The quantitative estimate of drug-likeness (QED) is 0.462. The monoisotopic (exact) mass is 530 g/mol. The van der Waals surface area contributed by atoms with Crippen LogP contribution < -0.4 is 20.5 Å². The van der Waals surface area contributed by atoms with Gasteiger partial charge in [0.25, 0.3) is 15.9 Å². The molecule has 5 rings (SSSR count). The van der Waals surface area contributed by atoms with E-state index in [0.29, 0.717) is 11.3 Å². The number of rotatable bonds is 4. The van der Waals surface area contributed by atoms with Crippen molar-refractivity contribution < 1.29 is 26.4 Å². The molecule has 0 saturated carbocycles. The number of hydrogen-bond acceptors (Lipinski definition) is 8. The van der Waals surface area contributed by atoms with Gasteiger partial charge in [0.05, 0.1) is 5.56 Å². The van der Waals surface area contributed by atoms with Crippen molar-refractivity contribution in [3.63, 3.8) is 0 Å². The second kappa shape index (κ2) is 8.56. The van der Waals surface area contributed by atoms with Gasteiger partial charge in [-0.3, -0.25) is 9.80 Å². The average Bonchev–Trinajstić information content (AvgIpc) is 3.29. The van der Waals surface area contributed by atoms with Crippen molar-refractivity contribution in [3.8, 4) is 11.1 Å². The van der Waals surface area contributed by atoms with Gasteiger partial charge >= 0.3 is 6.18 Å². The number of sulfonamides is 1. The largest absolute Gasteiger partial charge is 0.409 e. The molecule has 2 aliphatic rings. The third-order valence-electron chi connectivity index (χ3n) is 5.89. The lowest BCUT2D eigenvalue weighted by molar-refractivity contribution is -0.142. The van der Waals surface area contributed by atoms with Crippen molar-refractivity contribution in [3.05, 3.63) is 71.1 Å². The maximum atomic E-state index is 13.5. The Labute approximate surface area is 210 Å². The summed E-state index contributed by atoms with van der Waals surface area (Å²) < 4.78 is 66.6. The number of carbonyl (C=O) groups excluding carboxylic acids is 1. The Kier molecular flexibility index (Phi) is 5.72. The van der Waals surface area contributed by atoms with Gasteiger partial charge in [0.2, 0.25) is 5.95 Å². The van der Waals surface area contributed by atoms with Gasteiger partial charge < -0.3 is 5.32 Å². The van der Waals surface area contributed by atoms with Crippen molar-refractivity contribution in [1.82, 2.24) is 20.1 Å². The molecule has 0 spiro atoms. The molecular weight excluding hydrogens is 509 g/mol. The van der Waals surface area contributed by atoms with Crippen LogP contribution in [0.4, 0.5) is 30.6 Å². The van der Waals surface area contributed by atoms with Crippen molar-refractivity contribution in [2.75, 3.05) is 10.3 Å². The molecule has 1 unspecified atom stereocenters. The van der Waals surface area contributed by atoms with E-state index in [1.54, 1.807) is 0 Å². The van der Waals surface area contributed by atoms with Crippen molar-refractivity contribution in [1.29, 1.82) is 0 Å². The van der Waals surface area contributed by atoms with Crippen LogP contribution in [0, 0.1) is 13.8 Å². The van der Waals surface area contributed by atoms with Crippen LogP contribution in [0.5, 0.6) is 0 Å². The molecule has 0 fully saturated rings. The van der Waals surface area contributed by atoms with Crippen LogP contribution >= 0.6 is 0 Å². The Morgan fingerprint density at radius 3 is 2.38 bits per heavy atom. The molecule has 2 aliphatic heterocycles. The summed E-state index contributed by atoms with van der Waals surface area (Å²) in [4.78, 5) is 20.9. The minimum Gasteiger partial charge on any atom is -0.324 e. The fraction of sp³-hybridized carbons (Fsp3) is 0.208. The Morgan fingerprint density at radius 2 is 1.73 bits per heavy atom. The number of nitrogens with zero attached hydrogens (tertiary/aromatic N) is 3. The summed E-state index contributed by atoms with van der Waals surface area (Å²) in [6.45, 7) is 5.36. The molecule has 0 saturated heterocycles. The number of anilines is 3. The first kappa shape index (κ1) is 24.7. The van der Waals surface area contributed by atoms with E-state index in [4.69, 9.17) is 0 Å². The molecule has 3 aromatic rings. The van der Waals surface area contributed by atoms with E-state index in [9.17, 15) is 26.4 Å². The predicted molar refractivity (Wildman–Crippen MR) is 131 cm³/mol. The second-order valence-corrected chi connectivity index (χ2v) is 10.5. The van der Waals surface area contributed by atoms with Crippen LogP contribution in [-0.2, 0) is 10.0 Å². The van der Waals surface area contributed by atoms with Gasteiger partial charge in [0.15, 0.2) is 5.82 Å². The lowest BCUT2D eigenvalue weighted by Crippen LogP contribution is -2.45. The number of fused-ring (bicyclic) bond motifs is 1. The third-order valence-corrected chi connectivity index (χ3v) is 7.28. The highest BCUT2D eigenvalue weighted by Crippen LogP contribution is 2.37. The number of aromatic nitrogens is 2. The molecule has 37 heavy (non-hydrogen) atoms. The Hall–Kier alpha value is -3.97. The topological polar surface area (TPSA) is 116 Å². The van der Waals surface area contributed by atoms with Gasteiger partial charge in [-0.05, 0) is 67.8 Å². The summed E-state index contributed by atoms with van der Waals surface area (Å²) in [7, 11) is -3.96. The summed E-state index contributed by atoms with van der Waals surface area (Å²) in [6.07, 6.45) is -2.10. The smallest absolute Gasteiger partial charge is 0.324 e. The summed E-state index contributed by atoms with van der Waals surface area (Å²) >= 11 is 0. The zero-order chi connectivity index (χ0) is 26.7. The number of benzene rings is 2. The molecule has 0 aliphatic carbocycles. The first-order valence-electron chi connectivity index (χ1n) is 11.1. The molecule has 1 atom stereocenters. The highest BCUT2D eigenvalue weighted by molar-refractivity contribution is 7.90. The molecular formula is C24H21F3N6O3S. The van der Waals surface area contributed by atoms with Gasteiger partial charge in [-0.2, -0.15) is 18.2 Å². The number of carbonyl (C=O) groups is 1. The first-order valence-corrected chi connectivity index (χ1v) is 12.6. The van der Waals surface area contributed by atoms with Crippen LogP contribution in [0.25, 0.3) is 11.1 Å². The normalized spacial score (nSPS) is 18.4. The number of hydrogen-bond donors (Lipinski definition) is 3. The standard InChI is InChI=1S/C24H21F3N6O3S/c1-12-6-13(2)8-16(7-12)29-23-28-11-18(15-4-5-19-17(10-15)22(34)32-37(19,35)36)21(30-23)33-14(3)9-20(31-33)24(25,26)27/h4-11,20,31H,1-3H3,(H,32,34)(H,28,29,30). The Bertz CT molecular complexity index is 1570. The zero-order valence-corrected chi connectivity index (χ0v) is 20.6. The lowest BCUT2D eigenvalue weighted by Gasteiger charge is -2.25. The number of nitrogens with one attached hydrogen (secondary N) is 3. The molecule has 0 radical (unpaired) electrons. The molecule has 192 valence electrons. The number of amides is 1. The van der Waals surface area contributed by atoms with Gasteiger partial charge in [-0.15, -0.1) is 0 Å². The highest BCUT2D eigenvalue weighted by Gasteiger charge is 2.43. The summed E-state index contributed by atoms with van der Waals surface area (Å²) in [5, 5.41) is 4.28. The van der Waals surface area contributed by atoms with E-state index >= 15 is 0 Å². The molecule has 1 amide bonds. The van der Waals surface area contributed by atoms with E-state index in [2.05, 4.69) is 20.7 Å². The maximum Gasteiger partial charge on any atom is 0.409 e. The van der Waals surface area contributed by atoms with Crippen molar-refractivity contribution in [2.24, 2.45) is 0 Å². The average molecular weight is 531 g/mol. The second-order valence-electron chi connectivity index (χ2n) is 8.87. The number of hydrazine groups is 1. The Balaban J connectivity index is 1.61.